The molecule has 0 radical (unpaired) electrons. The largest absolute Gasteiger partial charge is 0.481 e. The van der Waals surface area contributed by atoms with Gasteiger partial charge in [0, 0.05) is 5.69 Å². The molecule has 0 aliphatic heterocycles. The number of anilines is 1. The van der Waals surface area contributed by atoms with Crippen LogP contribution in [0.3, 0.4) is 0 Å². The first kappa shape index (κ1) is 12.0. The van der Waals surface area contributed by atoms with Crippen LogP contribution in [0.4, 0.5) is 5.69 Å². The van der Waals surface area contributed by atoms with E-state index in [2.05, 4.69) is 5.32 Å². The van der Waals surface area contributed by atoms with Crippen LogP contribution in [-0.2, 0) is 9.59 Å². The molecular weight excluding hydrogens is 242 g/mol. The molecule has 0 aromatic heterocycles. The number of nitrogens with one attached hydrogen (secondary N) is 1. The van der Waals surface area contributed by atoms with Gasteiger partial charge < -0.3 is 10.4 Å². The summed E-state index contributed by atoms with van der Waals surface area (Å²) < 4.78 is 0. The van der Waals surface area contributed by atoms with E-state index in [1.165, 1.54) is 0 Å². The Morgan fingerprint density at radius 1 is 1.05 bits per heavy atom. The topological polar surface area (TPSA) is 66.4 Å². The van der Waals surface area contributed by atoms with E-state index in [1.54, 1.807) is 12.1 Å². The number of carbonyl (C=O) groups is 2. The third-order valence-electron chi connectivity index (χ3n) is 4.09. The first-order valence-electron chi connectivity index (χ1n) is 6.44. The van der Waals surface area contributed by atoms with Gasteiger partial charge in [-0.2, -0.15) is 0 Å². The van der Waals surface area contributed by atoms with Gasteiger partial charge in [0.1, 0.15) is 0 Å². The van der Waals surface area contributed by atoms with E-state index in [4.69, 9.17) is 0 Å². The first-order chi connectivity index (χ1) is 9.16. The molecule has 1 aromatic carbocycles. The highest BCUT2D eigenvalue weighted by Gasteiger charge is 2.51. The van der Waals surface area contributed by atoms with Crippen molar-refractivity contribution in [2.45, 2.75) is 6.42 Å². The average molecular weight is 257 g/mol. The van der Waals surface area contributed by atoms with E-state index < -0.39 is 17.8 Å². The van der Waals surface area contributed by atoms with Crippen LogP contribution in [0.1, 0.15) is 6.42 Å². The Hall–Kier alpha value is -2.10. The van der Waals surface area contributed by atoms with Crippen LogP contribution in [0.2, 0.25) is 0 Å². The molecule has 4 heteroatoms. The highest BCUT2D eigenvalue weighted by Crippen LogP contribution is 2.48. The summed E-state index contributed by atoms with van der Waals surface area (Å²) in [6, 6.07) is 9.15. The lowest BCUT2D eigenvalue weighted by molar-refractivity contribution is -0.146. The molecule has 2 bridgehead atoms. The second-order valence-electron chi connectivity index (χ2n) is 5.19. The molecule has 1 aromatic rings. The van der Waals surface area contributed by atoms with Gasteiger partial charge in [0.05, 0.1) is 11.8 Å². The van der Waals surface area contributed by atoms with Gasteiger partial charge in [-0.1, -0.05) is 30.4 Å². The maximum absolute atomic E-state index is 12.3. The molecule has 2 aliphatic carbocycles. The first-order valence-corrected chi connectivity index (χ1v) is 6.44. The van der Waals surface area contributed by atoms with Crippen molar-refractivity contribution in [3.8, 4) is 0 Å². The Labute approximate surface area is 111 Å². The molecule has 0 unspecified atom stereocenters. The predicted molar refractivity (Wildman–Crippen MR) is 70.4 cm³/mol. The van der Waals surface area contributed by atoms with Crippen LogP contribution in [-0.4, -0.2) is 17.0 Å². The molecule has 0 spiro atoms. The Kier molecular flexibility index (Phi) is 2.85. The van der Waals surface area contributed by atoms with Gasteiger partial charge in [0.2, 0.25) is 5.91 Å². The second-order valence-corrected chi connectivity index (χ2v) is 5.19. The summed E-state index contributed by atoms with van der Waals surface area (Å²) in [6.07, 6.45) is 4.71. The molecule has 4 nitrogen and oxygen atoms in total. The third kappa shape index (κ3) is 2.03. The van der Waals surface area contributed by atoms with Crippen LogP contribution in [0, 0.1) is 23.7 Å². The lowest BCUT2D eigenvalue weighted by Gasteiger charge is -2.23. The number of benzene rings is 1. The van der Waals surface area contributed by atoms with Gasteiger partial charge in [-0.15, -0.1) is 0 Å². The number of carbonyl (C=O) groups excluding carboxylic acids is 1. The number of aliphatic carboxylic acids is 1. The van der Waals surface area contributed by atoms with E-state index in [9.17, 15) is 14.7 Å². The monoisotopic (exact) mass is 257 g/mol. The minimum absolute atomic E-state index is 0.00835. The molecule has 3 rings (SSSR count). The second kappa shape index (κ2) is 4.53. The Balaban J connectivity index is 1.79. The molecule has 1 amide bonds. The molecule has 19 heavy (non-hydrogen) atoms. The SMILES string of the molecule is O=C(O)[C@@H]1[C@@H](C(=O)Nc2ccccc2)[C@H]2C=C[C@H]1C2. The standard InChI is InChI=1S/C15H15NO3/c17-14(16-11-4-2-1-3-5-11)12-9-6-7-10(8-9)13(12)15(18)19/h1-7,9-10,12-13H,8H2,(H,16,17)(H,18,19)/t9-,10-,12-,13-/m0/s1. The Morgan fingerprint density at radius 2 is 1.68 bits per heavy atom. The zero-order valence-corrected chi connectivity index (χ0v) is 10.3. The molecule has 2 N–H and O–H groups in total. The summed E-state index contributed by atoms with van der Waals surface area (Å²) in [5.74, 6) is -2.02. The molecule has 98 valence electrons. The molecule has 2 aliphatic rings. The number of carboxylic acid groups (broad SMARTS) is 1. The van der Waals surface area contributed by atoms with Crippen LogP contribution in [0.15, 0.2) is 42.5 Å². The molecular formula is C15H15NO3. The van der Waals surface area contributed by atoms with Crippen molar-refractivity contribution in [1.82, 2.24) is 0 Å². The van der Waals surface area contributed by atoms with Crippen molar-refractivity contribution in [2.75, 3.05) is 5.32 Å². The molecule has 1 saturated carbocycles. The molecule has 0 heterocycles. The third-order valence-corrected chi connectivity index (χ3v) is 4.09. The minimum atomic E-state index is -0.870. The zero-order chi connectivity index (χ0) is 13.4. The van der Waals surface area contributed by atoms with E-state index in [0.29, 0.717) is 5.69 Å². The number of amides is 1. The lowest BCUT2D eigenvalue weighted by Crippen LogP contribution is -2.36. The summed E-state index contributed by atoms with van der Waals surface area (Å²) in [7, 11) is 0. The van der Waals surface area contributed by atoms with Crippen LogP contribution >= 0.6 is 0 Å². The lowest BCUT2D eigenvalue weighted by atomic mass is 9.82. The Morgan fingerprint density at radius 3 is 2.32 bits per heavy atom. The predicted octanol–water partition coefficient (Wildman–Crippen LogP) is 2.15. The number of fused-ring (bicyclic) bond motifs is 2. The van der Waals surface area contributed by atoms with Gasteiger partial charge in [-0.05, 0) is 30.4 Å². The van der Waals surface area contributed by atoms with E-state index in [-0.39, 0.29) is 17.7 Å². The summed E-state index contributed by atoms with van der Waals surface area (Å²) >= 11 is 0. The quantitative estimate of drug-likeness (QED) is 0.815. The van der Waals surface area contributed by atoms with Crippen molar-refractivity contribution < 1.29 is 14.7 Å². The highest BCUT2D eigenvalue weighted by atomic mass is 16.4. The normalized spacial score (nSPS) is 31.4. The summed E-state index contributed by atoms with van der Waals surface area (Å²) in [5.41, 5.74) is 0.711. The summed E-state index contributed by atoms with van der Waals surface area (Å²) in [5, 5.41) is 12.1. The Bertz CT molecular complexity index is 538. The van der Waals surface area contributed by atoms with Crippen LogP contribution < -0.4 is 5.32 Å². The van der Waals surface area contributed by atoms with Gasteiger partial charge >= 0.3 is 5.97 Å². The van der Waals surface area contributed by atoms with E-state index in [0.717, 1.165) is 6.42 Å². The van der Waals surface area contributed by atoms with Crippen molar-refractivity contribution in [2.24, 2.45) is 23.7 Å². The molecule has 1 fully saturated rings. The van der Waals surface area contributed by atoms with E-state index >= 15 is 0 Å². The van der Waals surface area contributed by atoms with Gasteiger partial charge in [0.25, 0.3) is 0 Å². The number of rotatable bonds is 3. The zero-order valence-electron chi connectivity index (χ0n) is 10.3. The number of para-hydroxylation sites is 1. The number of carboxylic acids is 1. The number of hydrogen-bond acceptors (Lipinski definition) is 2. The molecule has 4 atom stereocenters. The van der Waals surface area contributed by atoms with Crippen molar-refractivity contribution in [3.63, 3.8) is 0 Å². The maximum Gasteiger partial charge on any atom is 0.307 e. The van der Waals surface area contributed by atoms with Crippen LogP contribution in [0.5, 0.6) is 0 Å². The average Bonchev–Trinajstić information content (AvgIpc) is 2.99. The van der Waals surface area contributed by atoms with Gasteiger partial charge in [-0.25, -0.2) is 0 Å². The minimum Gasteiger partial charge on any atom is -0.481 e. The summed E-state index contributed by atoms with van der Waals surface area (Å²) in [4.78, 5) is 23.7. The maximum atomic E-state index is 12.3. The van der Waals surface area contributed by atoms with Crippen molar-refractivity contribution in [3.05, 3.63) is 42.5 Å². The van der Waals surface area contributed by atoms with Crippen molar-refractivity contribution in [1.29, 1.82) is 0 Å². The number of hydrogen-bond donors (Lipinski definition) is 2. The fraction of sp³-hybridized carbons (Fsp3) is 0.333. The van der Waals surface area contributed by atoms with E-state index in [1.807, 2.05) is 30.4 Å². The highest BCUT2D eigenvalue weighted by molar-refractivity contribution is 5.96. The molecule has 0 saturated heterocycles. The van der Waals surface area contributed by atoms with Crippen LogP contribution in [0.25, 0.3) is 0 Å². The smallest absolute Gasteiger partial charge is 0.307 e. The van der Waals surface area contributed by atoms with Crippen molar-refractivity contribution >= 4 is 17.6 Å². The summed E-state index contributed by atoms with van der Waals surface area (Å²) in [6.45, 7) is 0. The van der Waals surface area contributed by atoms with Gasteiger partial charge in [0.15, 0.2) is 0 Å². The fourth-order valence-corrected chi connectivity index (χ4v) is 3.26. The fourth-order valence-electron chi connectivity index (χ4n) is 3.26. The number of allylic oxidation sites excluding steroid dienone is 2. The van der Waals surface area contributed by atoms with Gasteiger partial charge in [-0.3, -0.25) is 9.59 Å².